The minimum absolute atomic E-state index is 0.120. The van der Waals surface area contributed by atoms with Crippen LogP contribution in [0, 0.1) is 11.8 Å². The van der Waals surface area contributed by atoms with Crippen molar-refractivity contribution in [3.8, 4) is 5.75 Å². The van der Waals surface area contributed by atoms with Gasteiger partial charge in [-0.2, -0.15) is 0 Å². The van der Waals surface area contributed by atoms with Gasteiger partial charge in [0.25, 0.3) is 0 Å². The summed E-state index contributed by atoms with van der Waals surface area (Å²) in [6.07, 6.45) is -3.78. The van der Waals surface area contributed by atoms with E-state index < -0.39 is 6.36 Å². The van der Waals surface area contributed by atoms with Gasteiger partial charge in [0.05, 0.1) is 0 Å². The van der Waals surface area contributed by atoms with E-state index in [2.05, 4.69) is 10.1 Å². The number of rotatable bonds is 4. The van der Waals surface area contributed by atoms with Crippen LogP contribution >= 0.6 is 0 Å². The van der Waals surface area contributed by atoms with Gasteiger partial charge >= 0.3 is 6.36 Å². The van der Waals surface area contributed by atoms with E-state index in [9.17, 15) is 18.0 Å². The summed E-state index contributed by atoms with van der Waals surface area (Å²) in [5.41, 5.74) is 0.828. The lowest BCUT2D eigenvalue weighted by Crippen LogP contribution is -2.31. The Kier molecular flexibility index (Phi) is 4.48. The number of nitrogens with one attached hydrogen (secondary N) is 1. The minimum Gasteiger partial charge on any atom is -0.406 e. The molecule has 1 aromatic rings. The Morgan fingerprint density at radius 3 is 2.35 bits per heavy atom. The van der Waals surface area contributed by atoms with Gasteiger partial charge in [0.1, 0.15) is 5.75 Å². The Balaban J connectivity index is 1.47. The number of hydrogen-bond donors (Lipinski definition) is 1. The quantitative estimate of drug-likeness (QED) is 0.921. The largest absolute Gasteiger partial charge is 0.573 e. The lowest BCUT2D eigenvalue weighted by molar-refractivity contribution is -0.274. The van der Waals surface area contributed by atoms with Crippen molar-refractivity contribution in [1.82, 2.24) is 10.2 Å². The Morgan fingerprint density at radius 1 is 1.17 bits per heavy atom. The summed E-state index contributed by atoms with van der Waals surface area (Å²) in [6.45, 7) is 3.59. The Morgan fingerprint density at radius 2 is 1.78 bits per heavy atom. The number of alkyl halides is 3. The summed E-state index contributed by atoms with van der Waals surface area (Å²) < 4.78 is 40.1. The van der Waals surface area contributed by atoms with Crippen LogP contribution in [0.15, 0.2) is 24.3 Å². The number of hydrogen-bond acceptors (Lipinski definition) is 3. The van der Waals surface area contributed by atoms with Gasteiger partial charge in [0, 0.05) is 32.6 Å². The predicted octanol–water partition coefficient (Wildman–Crippen LogP) is 2.20. The van der Waals surface area contributed by atoms with Gasteiger partial charge in [-0.05, 0) is 36.0 Å². The van der Waals surface area contributed by atoms with Gasteiger partial charge < -0.3 is 15.0 Å². The van der Waals surface area contributed by atoms with Crippen molar-refractivity contribution >= 4 is 5.91 Å². The Hall–Kier alpha value is -1.76. The van der Waals surface area contributed by atoms with Crippen LogP contribution in [0.25, 0.3) is 0 Å². The normalized spacial score (nSPS) is 23.9. The molecule has 2 heterocycles. The number of ether oxygens (including phenoxy) is 1. The smallest absolute Gasteiger partial charge is 0.406 e. The summed E-state index contributed by atoms with van der Waals surface area (Å²) in [5.74, 6) is 1.01. The number of likely N-dealkylation sites (tertiary alicyclic amines) is 1. The Labute approximate surface area is 132 Å². The molecule has 1 aromatic carbocycles. The molecule has 23 heavy (non-hydrogen) atoms. The maximum absolute atomic E-state index is 12.2. The van der Waals surface area contributed by atoms with Gasteiger partial charge in [-0.1, -0.05) is 12.1 Å². The molecule has 2 atom stereocenters. The zero-order chi connectivity index (χ0) is 16.4. The van der Waals surface area contributed by atoms with E-state index in [0.29, 0.717) is 24.7 Å². The predicted molar refractivity (Wildman–Crippen MR) is 77.9 cm³/mol. The third-order valence-electron chi connectivity index (χ3n) is 4.53. The first kappa shape index (κ1) is 16.1. The highest BCUT2D eigenvalue weighted by atomic mass is 19.4. The molecule has 2 fully saturated rings. The second kappa shape index (κ2) is 6.39. The molecule has 0 spiro atoms. The molecule has 0 aliphatic carbocycles. The third-order valence-corrected chi connectivity index (χ3v) is 4.53. The van der Waals surface area contributed by atoms with E-state index in [4.69, 9.17) is 0 Å². The topological polar surface area (TPSA) is 41.6 Å². The van der Waals surface area contributed by atoms with E-state index in [0.717, 1.165) is 31.7 Å². The van der Waals surface area contributed by atoms with Crippen LogP contribution in [0.3, 0.4) is 0 Å². The fourth-order valence-electron chi connectivity index (χ4n) is 3.33. The molecule has 0 aromatic heterocycles. The summed E-state index contributed by atoms with van der Waals surface area (Å²) >= 11 is 0. The first-order valence-electron chi connectivity index (χ1n) is 7.74. The van der Waals surface area contributed by atoms with Gasteiger partial charge in [-0.15, -0.1) is 13.2 Å². The summed E-state index contributed by atoms with van der Waals surface area (Å²) in [7, 11) is 0. The number of carbonyl (C=O) groups excluding carboxylic acids is 1. The number of nitrogens with zero attached hydrogens (tertiary/aromatic N) is 1. The van der Waals surface area contributed by atoms with Gasteiger partial charge in [0.2, 0.25) is 5.91 Å². The van der Waals surface area contributed by atoms with Crippen LogP contribution in [0.2, 0.25) is 0 Å². The van der Waals surface area contributed by atoms with E-state index >= 15 is 0 Å². The maximum Gasteiger partial charge on any atom is 0.573 e. The maximum atomic E-state index is 12.2. The first-order valence-corrected chi connectivity index (χ1v) is 7.74. The standard InChI is InChI=1S/C16H19F3N2O2/c17-16(18,19)23-14-4-1-11(2-5-14)3-6-15(22)21-9-12-7-20-8-13(12)10-21/h1-2,4-5,12-13,20H,3,6-10H2/t12-,13+. The molecule has 4 nitrogen and oxygen atoms in total. The number of carbonyl (C=O) groups is 1. The fraction of sp³-hybridized carbons (Fsp3) is 0.562. The van der Waals surface area contributed by atoms with Crippen LogP contribution in [0.1, 0.15) is 12.0 Å². The van der Waals surface area contributed by atoms with Crippen LogP contribution in [-0.4, -0.2) is 43.3 Å². The zero-order valence-electron chi connectivity index (χ0n) is 12.6. The SMILES string of the molecule is O=C(CCc1ccc(OC(F)(F)F)cc1)N1C[C@H]2CNC[C@H]2C1. The molecule has 2 saturated heterocycles. The van der Waals surface area contributed by atoms with Crippen LogP contribution in [0.5, 0.6) is 5.75 Å². The van der Waals surface area contributed by atoms with Crippen molar-refractivity contribution in [3.05, 3.63) is 29.8 Å². The molecule has 1 N–H and O–H groups in total. The van der Waals surface area contributed by atoms with Crippen molar-refractivity contribution in [1.29, 1.82) is 0 Å². The fourth-order valence-corrected chi connectivity index (χ4v) is 3.33. The van der Waals surface area contributed by atoms with Crippen molar-refractivity contribution in [2.24, 2.45) is 11.8 Å². The summed E-state index contributed by atoms with van der Waals surface area (Å²) in [5, 5.41) is 3.33. The van der Waals surface area contributed by atoms with E-state index in [1.165, 1.54) is 12.1 Å². The second-order valence-electron chi connectivity index (χ2n) is 6.17. The van der Waals surface area contributed by atoms with Crippen molar-refractivity contribution < 1.29 is 22.7 Å². The van der Waals surface area contributed by atoms with Crippen LogP contribution < -0.4 is 10.1 Å². The van der Waals surface area contributed by atoms with Crippen molar-refractivity contribution in [2.45, 2.75) is 19.2 Å². The highest BCUT2D eigenvalue weighted by Gasteiger charge is 2.37. The zero-order valence-corrected chi connectivity index (χ0v) is 12.6. The lowest BCUT2D eigenvalue weighted by atomic mass is 10.0. The van der Waals surface area contributed by atoms with Gasteiger partial charge in [0.15, 0.2) is 0 Å². The van der Waals surface area contributed by atoms with E-state index in [-0.39, 0.29) is 11.7 Å². The first-order chi connectivity index (χ1) is 10.9. The lowest BCUT2D eigenvalue weighted by Gasteiger charge is -2.17. The molecule has 3 rings (SSSR count). The monoisotopic (exact) mass is 328 g/mol. The molecule has 2 aliphatic rings. The third kappa shape index (κ3) is 4.16. The highest BCUT2D eigenvalue weighted by molar-refractivity contribution is 5.76. The molecule has 1 amide bonds. The summed E-state index contributed by atoms with van der Waals surface area (Å²) in [6, 6.07) is 5.69. The molecule has 0 unspecified atom stereocenters. The van der Waals surface area contributed by atoms with Gasteiger partial charge in [-0.3, -0.25) is 4.79 Å². The number of benzene rings is 1. The summed E-state index contributed by atoms with van der Waals surface area (Å²) in [4.78, 5) is 14.2. The number of aryl methyl sites for hydroxylation is 1. The van der Waals surface area contributed by atoms with E-state index in [1.54, 1.807) is 12.1 Å². The molecule has 2 aliphatic heterocycles. The molecule has 126 valence electrons. The molecule has 0 bridgehead atoms. The molecule has 0 saturated carbocycles. The number of amides is 1. The molecule has 0 radical (unpaired) electrons. The average molecular weight is 328 g/mol. The Bertz CT molecular complexity index is 547. The number of halogens is 3. The molecular weight excluding hydrogens is 309 g/mol. The van der Waals surface area contributed by atoms with Crippen LogP contribution in [0.4, 0.5) is 13.2 Å². The van der Waals surface area contributed by atoms with E-state index in [1.807, 2.05) is 4.90 Å². The molecular formula is C16H19F3N2O2. The van der Waals surface area contributed by atoms with Gasteiger partial charge in [-0.25, -0.2) is 0 Å². The number of fused-ring (bicyclic) bond motifs is 1. The van der Waals surface area contributed by atoms with Crippen molar-refractivity contribution in [3.63, 3.8) is 0 Å². The highest BCUT2D eigenvalue weighted by Crippen LogP contribution is 2.27. The molecule has 7 heteroatoms. The average Bonchev–Trinajstić information content (AvgIpc) is 3.05. The van der Waals surface area contributed by atoms with Crippen LogP contribution in [-0.2, 0) is 11.2 Å². The van der Waals surface area contributed by atoms with Crippen molar-refractivity contribution in [2.75, 3.05) is 26.2 Å². The second-order valence-corrected chi connectivity index (χ2v) is 6.17. The minimum atomic E-state index is -4.68.